The first-order valence-electron chi connectivity index (χ1n) is 2.90. The van der Waals surface area contributed by atoms with Crippen LogP contribution in [0, 0.1) is 0 Å². The molecule has 0 aromatic heterocycles. The predicted octanol–water partition coefficient (Wildman–Crippen LogP) is 0.563. The van der Waals surface area contributed by atoms with Gasteiger partial charge in [0.2, 0.25) is 0 Å². The maximum absolute atomic E-state index is 10.5. The summed E-state index contributed by atoms with van der Waals surface area (Å²) in [6.07, 6.45) is 8.62. The van der Waals surface area contributed by atoms with Gasteiger partial charge in [0.1, 0.15) is 5.70 Å². The fourth-order valence-electron chi connectivity index (χ4n) is 0.611. The van der Waals surface area contributed by atoms with Crippen molar-refractivity contribution in [3.8, 4) is 0 Å². The Kier molecular flexibility index (Phi) is 7.78. The molecule has 0 bridgehead atoms. The minimum atomic E-state index is -0.448. The molecule has 68 valence electrons. The Hall–Kier alpha value is -0.870. The molecule has 5 heteroatoms. The molecule has 3 nitrogen and oxygen atoms in total. The van der Waals surface area contributed by atoms with Gasteiger partial charge < -0.3 is 11.1 Å². The highest BCUT2D eigenvalue weighted by atomic mass is 35.5. The zero-order chi connectivity index (χ0) is 7.40. The number of rotatable bonds is 1. The summed E-state index contributed by atoms with van der Waals surface area (Å²) in [5.41, 5.74) is 5.41. The van der Waals surface area contributed by atoms with Crippen molar-refractivity contribution in [2.45, 2.75) is 0 Å². The van der Waals surface area contributed by atoms with Crippen LogP contribution < -0.4 is 11.1 Å². The van der Waals surface area contributed by atoms with Gasteiger partial charge in [-0.3, -0.25) is 4.79 Å². The van der Waals surface area contributed by atoms with E-state index in [-0.39, 0.29) is 25.9 Å². The van der Waals surface area contributed by atoms with Crippen LogP contribution in [-0.4, -0.2) is 5.91 Å². The normalized spacial score (nSPS) is 12.8. The van der Waals surface area contributed by atoms with E-state index in [1.165, 1.54) is 0 Å². The van der Waals surface area contributed by atoms with Crippen molar-refractivity contribution in [1.82, 2.24) is 5.32 Å². The quantitative estimate of drug-likeness (QED) is 0.659. The summed E-state index contributed by atoms with van der Waals surface area (Å²) in [5.74, 6) is -0.448. The Morgan fingerprint density at radius 3 is 2.58 bits per heavy atom. The molecule has 0 atom stereocenters. The van der Waals surface area contributed by atoms with E-state index in [2.05, 4.69) is 5.32 Å². The van der Waals surface area contributed by atoms with E-state index in [1.54, 1.807) is 24.4 Å². The smallest absolute Gasteiger partial charge is 0.265 e. The fraction of sp³-hybridized carbons (Fsp3) is 0. The lowest BCUT2D eigenvalue weighted by atomic mass is 10.4. The maximum atomic E-state index is 10.5. The van der Waals surface area contributed by atoms with Crippen LogP contribution in [0.25, 0.3) is 0 Å². The fourth-order valence-corrected chi connectivity index (χ4v) is 0.611. The zero-order valence-electron chi connectivity index (χ0n) is 6.28. The van der Waals surface area contributed by atoms with Crippen LogP contribution in [0.2, 0.25) is 0 Å². The molecule has 1 rings (SSSR count). The van der Waals surface area contributed by atoms with E-state index >= 15 is 0 Å². The molecule has 0 aliphatic carbocycles. The first-order chi connectivity index (χ1) is 4.80. The summed E-state index contributed by atoms with van der Waals surface area (Å²) < 4.78 is 0. The van der Waals surface area contributed by atoms with E-state index in [9.17, 15) is 4.79 Å². The number of nitrogens with one attached hydrogen (secondary N) is 1. The van der Waals surface area contributed by atoms with Gasteiger partial charge in [-0.05, 0) is 12.2 Å². The van der Waals surface area contributed by atoms with Crippen LogP contribution >= 0.6 is 25.9 Å². The number of carbonyl (C=O) groups is 1. The molecule has 0 unspecified atom stereocenters. The summed E-state index contributed by atoms with van der Waals surface area (Å²) in [6, 6.07) is 0. The first-order valence-corrected chi connectivity index (χ1v) is 2.90. The molecule has 1 aliphatic rings. The SMILES string of the molecule is Cl.NC(=O)C1=CC=CC=CN1.S. The Bertz CT molecular complexity index is 236. The number of hydrogen-bond donors (Lipinski definition) is 2. The molecule has 0 fully saturated rings. The third-order valence-electron chi connectivity index (χ3n) is 1.09. The van der Waals surface area contributed by atoms with Crippen molar-refractivity contribution < 1.29 is 4.79 Å². The zero-order valence-corrected chi connectivity index (χ0v) is 8.10. The highest BCUT2D eigenvalue weighted by molar-refractivity contribution is 7.59. The summed E-state index contributed by atoms with van der Waals surface area (Å²) >= 11 is 0. The summed E-state index contributed by atoms with van der Waals surface area (Å²) in [6.45, 7) is 0. The van der Waals surface area contributed by atoms with Crippen molar-refractivity contribution in [3.63, 3.8) is 0 Å². The number of hydrogen-bond acceptors (Lipinski definition) is 2. The van der Waals surface area contributed by atoms with Gasteiger partial charge in [0.15, 0.2) is 0 Å². The number of amides is 1. The molecule has 1 amide bonds. The minimum Gasteiger partial charge on any atom is -0.364 e. The largest absolute Gasteiger partial charge is 0.364 e. The van der Waals surface area contributed by atoms with Crippen molar-refractivity contribution in [1.29, 1.82) is 0 Å². The van der Waals surface area contributed by atoms with Gasteiger partial charge >= 0.3 is 0 Å². The van der Waals surface area contributed by atoms with E-state index in [0.717, 1.165) is 0 Å². The molecule has 12 heavy (non-hydrogen) atoms. The Balaban J connectivity index is 0. The standard InChI is InChI=1S/C7H8N2O.ClH.H2S/c8-7(10)6-4-2-1-3-5-9-6;;/h1-5,9H,(H2,8,10);1H;1H2. The number of carbonyl (C=O) groups excluding carboxylic acids is 1. The number of primary amides is 1. The highest BCUT2D eigenvalue weighted by Gasteiger charge is 1.99. The number of halogens is 1. The number of nitrogens with two attached hydrogens (primary N) is 1. The molecule has 0 spiro atoms. The molecular formula is C7H11ClN2OS. The van der Waals surface area contributed by atoms with Crippen LogP contribution in [-0.2, 0) is 4.79 Å². The molecule has 0 radical (unpaired) electrons. The van der Waals surface area contributed by atoms with Gasteiger partial charge in [0, 0.05) is 6.20 Å². The summed E-state index contributed by atoms with van der Waals surface area (Å²) in [7, 11) is 0. The molecule has 3 N–H and O–H groups in total. The van der Waals surface area contributed by atoms with Crippen LogP contribution in [0.1, 0.15) is 0 Å². The van der Waals surface area contributed by atoms with Gasteiger partial charge in [0.05, 0.1) is 0 Å². The van der Waals surface area contributed by atoms with Crippen molar-refractivity contribution in [2.75, 3.05) is 0 Å². The lowest BCUT2D eigenvalue weighted by Gasteiger charge is -1.97. The van der Waals surface area contributed by atoms with E-state index < -0.39 is 5.91 Å². The monoisotopic (exact) mass is 206 g/mol. The molecular weight excluding hydrogens is 196 g/mol. The summed E-state index contributed by atoms with van der Waals surface area (Å²) in [5, 5.41) is 2.72. The van der Waals surface area contributed by atoms with Gasteiger partial charge in [0.25, 0.3) is 5.91 Å². The molecule has 0 saturated heterocycles. The van der Waals surface area contributed by atoms with Crippen molar-refractivity contribution >= 4 is 31.8 Å². The third kappa shape index (κ3) is 4.10. The second-order valence-corrected chi connectivity index (χ2v) is 1.83. The number of allylic oxidation sites excluding steroid dienone is 4. The van der Waals surface area contributed by atoms with Gasteiger partial charge in [-0.1, -0.05) is 12.2 Å². The third-order valence-corrected chi connectivity index (χ3v) is 1.09. The van der Waals surface area contributed by atoms with Gasteiger partial charge in [-0.15, -0.1) is 12.4 Å². The second kappa shape index (κ2) is 6.82. The van der Waals surface area contributed by atoms with Crippen LogP contribution in [0.15, 0.2) is 36.2 Å². The van der Waals surface area contributed by atoms with E-state index in [4.69, 9.17) is 5.73 Å². The lowest BCUT2D eigenvalue weighted by molar-refractivity contribution is -0.114. The van der Waals surface area contributed by atoms with E-state index in [0.29, 0.717) is 5.70 Å². The van der Waals surface area contributed by atoms with Crippen molar-refractivity contribution in [3.05, 3.63) is 36.2 Å². The average Bonchev–Trinajstić information content (AvgIpc) is 2.12. The molecule has 0 aromatic rings. The molecule has 0 saturated carbocycles. The maximum Gasteiger partial charge on any atom is 0.265 e. The van der Waals surface area contributed by atoms with Crippen LogP contribution in [0.3, 0.4) is 0 Å². The van der Waals surface area contributed by atoms with Gasteiger partial charge in [-0.2, -0.15) is 13.5 Å². The van der Waals surface area contributed by atoms with E-state index in [1.807, 2.05) is 6.08 Å². The topological polar surface area (TPSA) is 55.1 Å². The minimum absolute atomic E-state index is 0. The Morgan fingerprint density at radius 2 is 2.00 bits per heavy atom. The average molecular weight is 207 g/mol. The predicted molar refractivity (Wildman–Crippen MR) is 56.3 cm³/mol. The van der Waals surface area contributed by atoms with Crippen molar-refractivity contribution in [2.24, 2.45) is 5.73 Å². The molecule has 1 aliphatic heterocycles. The Labute approximate surface area is 84.3 Å². The molecule has 0 aromatic carbocycles. The first kappa shape index (κ1) is 13.7. The second-order valence-electron chi connectivity index (χ2n) is 1.83. The molecule has 1 heterocycles. The highest BCUT2D eigenvalue weighted by Crippen LogP contribution is 1.93. The Morgan fingerprint density at radius 1 is 1.33 bits per heavy atom. The lowest BCUT2D eigenvalue weighted by Crippen LogP contribution is -2.22. The van der Waals surface area contributed by atoms with Crippen LogP contribution in [0.4, 0.5) is 0 Å². The van der Waals surface area contributed by atoms with Crippen LogP contribution in [0.5, 0.6) is 0 Å². The van der Waals surface area contributed by atoms with Gasteiger partial charge in [-0.25, -0.2) is 0 Å². The summed E-state index contributed by atoms with van der Waals surface area (Å²) in [4.78, 5) is 10.5.